The van der Waals surface area contributed by atoms with Gasteiger partial charge in [0.25, 0.3) is 0 Å². The summed E-state index contributed by atoms with van der Waals surface area (Å²) in [7, 11) is 0. The highest BCUT2D eigenvalue weighted by atomic mass is 16.4. The lowest BCUT2D eigenvalue weighted by atomic mass is 10.0. The molecule has 1 aromatic rings. The molecule has 0 aliphatic rings. The Bertz CT molecular complexity index is 340. The van der Waals surface area contributed by atoms with Gasteiger partial charge in [0.05, 0.1) is 0 Å². The molecule has 0 bridgehead atoms. The van der Waals surface area contributed by atoms with Crippen molar-refractivity contribution in [1.82, 2.24) is 0 Å². The molecule has 0 fully saturated rings. The third kappa shape index (κ3) is 3.05. The van der Waals surface area contributed by atoms with Gasteiger partial charge in [-0.2, -0.15) is 0 Å². The first-order valence-electron chi connectivity index (χ1n) is 4.73. The standard InChI is InChI=1S/C12H14O2/c1-2-5-10-6-3-4-7-11(10)8-9-12(13)14/h3-4,6-9H,2,5H2,1H3,(H,13,14)/b9-8+. The van der Waals surface area contributed by atoms with E-state index in [1.54, 1.807) is 6.08 Å². The van der Waals surface area contributed by atoms with Gasteiger partial charge in [0.15, 0.2) is 0 Å². The van der Waals surface area contributed by atoms with E-state index in [1.165, 1.54) is 11.6 Å². The van der Waals surface area contributed by atoms with Crippen molar-refractivity contribution in [2.45, 2.75) is 19.8 Å². The maximum atomic E-state index is 10.4. The molecule has 0 aromatic heterocycles. The van der Waals surface area contributed by atoms with Crippen LogP contribution in [0.3, 0.4) is 0 Å². The van der Waals surface area contributed by atoms with E-state index in [2.05, 4.69) is 6.92 Å². The van der Waals surface area contributed by atoms with Crippen molar-refractivity contribution >= 4 is 12.0 Å². The predicted molar refractivity (Wildman–Crippen MR) is 57.1 cm³/mol. The molecule has 1 aromatic carbocycles. The maximum absolute atomic E-state index is 10.4. The Morgan fingerprint density at radius 3 is 2.79 bits per heavy atom. The third-order valence-electron chi connectivity index (χ3n) is 1.98. The van der Waals surface area contributed by atoms with Crippen molar-refractivity contribution in [1.29, 1.82) is 0 Å². The molecule has 0 amide bonds. The van der Waals surface area contributed by atoms with Crippen LogP contribution in [0.25, 0.3) is 6.08 Å². The number of carboxylic acids is 1. The number of hydrogen-bond acceptors (Lipinski definition) is 1. The molecule has 2 nitrogen and oxygen atoms in total. The monoisotopic (exact) mass is 190 g/mol. The number of benzene rings is 1. The van der Waals surface area contributed by atoms with Gasteiger partial charge in [-0.25, -0.2) is 4.79 Å². The van der Waals surface area contributed by atoms with Gasteiger partial charge in [-0.15, -0.1) is 0 Å². The van der Waals surface area contributed by atoms with Crippen LogP contribution in [0, 0.1) is 0 Å². The van der Waals surface area contributed by atoms with Crippen LogP contribution in [0.4, 0.5) is 0 Å². The zero-order chi connectivity index (χ0) is 10.4. The van der Waals surface area contributed by atoms with Crippen molar-refractivity contribution < 1.29 is 9.90 Å². The van der Waals surface area contributed by atoms with Crippen LogP contribution in [-0.4, -0.2) is 11.1 Å². The summed E-state index contributed by atoms with van der Waals surface area (Å²) in [5.41, 5.74) is 2.20. The Labute approximate surface area is 83.9 Å². The molecule has 0 saturated heterocycles. The average Bonchev–Trinajstić information content (AvgIpc) is 2.17. The Kier molecular flexibility index (Phi) is 3.92. The number of rotatable bonds is 4. The minimum atomic E-state index is -0.906. The molecule has 0 aliphatic carbocycles. The zero-order valence-electron chi connectivity index (χ0n) is 8.23. The molecule has 0 spiro atoms. The van der Waals surface area contributed by atoms with Crippen LogP contribution in [-0.2, 0) is 11.2 Å². The van der Waals surface area contributed by atoms with Crippen LogP contribution in [0.15, 0.2) is 30.3 Å². The minimum Gasteiger partial charge on any atom is -0.478 e. The van der Waals surface area contributed by atoms with Gasteiger partial charge in [0, 0.05) is 6.08 Å². The highest BCUT2D eigenvalue weighted by molar-refractivity contribution is 5.85. The van der Waals surface area contributed by atoms with E-state index in [-0.39, 0.29) is 0 Å². The highest BCUT2D eigenvalue weighted by Crippen LogP contribution is 2.12. The second-order valence-electron chi connectivity index (χ2n) is 3.12. The zero-order valence-corrected chi connectivity index (χ0v) is 8.23. The van der Waals surface area contributed by atoms with Gasteiger partial charge in [-0.1, -0.05) is 37.6 Å². The molecule has 0 radical (unpaired) electrons. The van der Waals surface area contributed by atoms with Crippen LogP contribution < -0.4 is 0 Å². The fourth-order valence-corrected chi connectivity index (χ4v) is 1.35. The van der Waals surface area contributed by atoms with Gasteiger partial charge in [0.2, 0.25) is 0 Å². The van der Waals surface area contributed by atoms with Crippen molar-refractivity contribution in [3.05, 3.63) is 41.5 Å². The second kappa shape index (κ2) is 5.22. The largest absolute Gasteiger partial charge is 0.478 e. The number of carbonyl (C=O) groups is 1. The fraction of sp³-hybridized carbons (Fsp3) is 0.250. The molecule has 1 rings (SSSR count). The van der Waals surface area contributed by atoms with E-state index in [0.29, 0.717) is 0 Å². The average molecular weight is 190 g/mol. The molecular formula is C12H14O2. The molecule has 0 heterocycles. The van der Waals surface area contributed by atoms with Crippen LogP contribution in [0.2, 0.25) is 0 Å². The van der Waals surface area contributed by atoms with Crippen molar-refractivity contribution in [2.24, 2.45) is 0 Å². The van der Waals surface area contributed by atoms with Crippen molar-refractivity contribution in [3.63, 3.8) is 0 Å². The van der Waals surface area contributed by atoms with Crippen LogP contribution in [0.5, 0.6) is 0 Å². The lowest BCUT2D eigenvalue weighted by molar-refractivity contribution is -0.131. The number of hydrogen-bond donors (Lipinski definition) is 1. The quantitative estimate of drug-likeness (QED) is 0.741. The molecule has 74 valence electrons. The second-order valence-corrected chi connectivity index (χ2v) is 3.12. The summed E-state index contributed by atoms with van der Waals surface area (Å²) in [5.74, 6) is -0.906. The lowest BCUT2D eigenvalue weighted by Crippen LogP contribution is -1.90. The maximum Gasteiger partial charge on any atom is 0.328 e. The molecule has 1 N–H and O–H groups in total. The SMILES string of the molecule is CCCc1ccccc1/C=C/C(=O)O. The number of aliphatic carboxylic acids is 1. The van der Waals surface area contributed by atoms with Crippen molar-refractivity contribution in [3.8, 4) is 0 Å². The topological polar surface area (TPSA) is 37.3 Å². The summed E-state index contributed by atoms with van der Waals surface area (Å²) >= 11 is 0. The van der Waals surface area contributed by atoms with Gasteiger partial charge in [-0.05, 0) is 23.6 Å². The number of aryl methyl sites for hydroxylation is 1. The Balaban J connectivity index is 2.89. The van der Waals surface area contributed by atoms with Crippen LogP contribution >= 0.6 is 0 Å². The van der Waals surface area contributed by atoms with Gasteiger partial charge in [0.1, 0.15) is 0 Å². The van der Waals surface area contributed by atoms with Crippen molar-refractivity contribution in [2.75, 3.05) is 0 Å². The summed E-state index contributed by atoms with van der Waals surface area (Å²) in [6, 6.07) is 7.86. The molecule has 0 atom stereocenters. The predicted octanol–water partition coefficient (Wildman–Crippen LogP) is 2.74. The molecule has 0 saturated carbocycles. The summed E-state index contributed by atoms with van der Waals surface area (Å²) in [6.45, 7) is 2.11. The summed E-state index contributed by atoms with van der Waals surface area (Å²) in [4.78, 5) is 10.4. The van der Waals surface area contributed by atoms with E-state index >= 15 is 0 Å². The first-order chi connectivity index (χ1) is 6.74. The lowest BCUT2D eigenvalue weighted by Gasteiger charge is -2.02. The normalized spacial score (nSPS) is 10.6. The summed E-state index contributed by atoms with van der Waals surface area (Å²) in [5, 5.41) is 8.51. The van der Waals surface area contributed by atoms with E-state index in [0.717, 1.165) is 18.4 Å². The molecule has 14 heavy (non-hydrogen) atoms. The third-order valence-corrected chi connectivity index (χ3v) is 1.98. The highest BCUT2D eigenvalue weighted by Gasteiger charge is 1.97. The van der Waals surface area contributed by atoms with E-state index in [1.807, 2.05) is 24.3 Å². The Hall–Kier alpha value is -1.57. The van der Waals surface area contributed by atoms with Crippen LogP contribution in [0.1, 0.15) is 24.5 Å². The first-order valence-corrected chi connectivity index (χ1v) is 4.73. The molecule has 0 aliphatic heterocycles. The van der Waals surface area contributed by atoms with E-state index in [4.69, 9.17) is 5.11 Å². The summed E-state index contributed by atoms with van der Waals surface area (Å²) in [6.07, 6.45) is 4.87. The Morgan fingerprint density at radius 2 is 2.14 bits per heavy atom. The molecular weight excluding hydrogens is 176 g/mol. The fourth-order valence-electron chi connectivity index (χ4n) is 1.35. The van der Waals surface area contributed by atoms with Gasteiger partial charge in [-0.3, -0.25) is 0 Å². The molecule has 0 unspecified atom stereocenters. The smallest absolute Gasteiger partial charge is 0.328 e. The first kappa shape index (κ1) is 10.5. The van der Waals surface area contributed by atoms with Gasteiger partial charge < -0.3 is 5.11 Å². The van der Waals surface area contributed by atoms with E-state index < -0.39 is 5.97 Å². The van der Waals surface area contributed by atoms with E-state index in [9.17, 15) is 4.79 Å². The van der Waals surface area contributed by atoms with Gasteiger partial charge >= 0.3 is 5.97 Å². The molecule has 2 heteroatoms. The number of carboxylic acid groups (broad SMARTS) is 1. The Morgan fingerprint density at radius 1 is 1.43 bits per heavy atom. The minimum absolute atomic E-state index is 0.906. The summed E-state index contributed by atoms with van der Waals surface area (Å²) < 4.78 is 0.